The summed E-state index contributed by atoms with van der Waals surface area (Å²) < 4.78 is 17.0. The number of carbonyl (C=O) groups is 2. The number of methoxy groups -OCH3 is 1. The fraction of sp³-hybridized carbons (Fsp3) is 0.875. The molecular formula is C16H25NO5. The molecule has 0 aromatic rings. The van der Waals surface area contributed by atoms with Crippen molar-refractivity contribution in [3.05, 3.63) is 0 Å². The van der Waals surface area contributed by atoms with Crippen LogP contribution in [-0.2, 0) is 23.8 Å². The maximum Gasteiger partial charge on any atom is 0.311 e. The molecule has 3 heterocycles. The van der Waals surface area contributed by atoms with E-state index in [-0.39, 0.29) is 42.0 Å². The highest BCUT2D eigenvalue weighted by molar-refractivity contribution is 5.83. The third kappa shape index (κ3) is 2.42. The monoisotopic (exact) mass is 311 g/mol. The minimum absolute atomic E-state index is 0.0252. The molecule has 0 aromatic carbocycles. The van der Waals surface area contributed by atoms with Gasteiger partial charge in [0.2, 0.25) is 5.91 Å². The fourth-order valence-corrected chi connectivity index (χ4v) is 4.32. The number of piperidine rings is 1. The second kappa shape index (κ2) is 5.49. The Hall–Kier alpha value is -1.14. The number of rotatable bonds is 3. The Morgan fingerprint density at radius 3 is 2.77 bits per heavy atom. The average molecular weight is 311 g/mol. The Bertz CT molecular complexity index is 477. The summed E-state index contributed by atoms with van der Waals surface area (Å²) in [6.07, 6.45) is 1.79. The summed E-state index contributed by atoms with van der Waals surface area (Å²) in [7, 11) is 1.41. The van der Waals surface area contributed by atoms with E-state index in [2.05, 4.69) is 6.92 Å². The fourth-order valence-electron chi connectivity index (χ4n) is 4.32. The molecule has 124 valence electrons. The molecule has 3 saturated heterocycles. The van der Waals surface area contributed by atoms with Crippen LogP contribution in [0.15, 0.2) is 0 Å². The number of hydrogen-bond acceptors (Lipinski definition) is 5. The van der Waals surface area contributed by atoms with E-state index in [1.54, 1.807) is 4.90 Å². The Kier molecular flexibility index (Phi) is 3.93. The topological polar surface area (TPSA) is 65.1 Å². The summed E-state index contributed by atoms with van der Waals surface area (Å²) >= 11 is 0. The van der Waals surface area contributed by atoms with Gasteiger partial charge in [0, 0.05) is 6.42 Å². The van der Waals surface area contributed by atoms with Crippen LogP contribution in [0.1, 0.15) is 40.0 Å². The van der Waals surface area contributed by atoms with Gasteiger partial charge in [0.05, 0.1) is 25.6 Å². The third-order valence-corrected chi connectivity index (χ3v) is 5.06. The summed E-state index contributed by atoms with van der Waals surface area (Å²) in [5.74, 6) is -1.10. The molecule has 3 aliphatic rings. The van der Waals surface area contributed by atoms with Crippen molar-refractivity contribution >= 4 is 11.9 Å². The Morgan fingerprint density at radius 2 is 2.14 bits per heavy atom. The van der Waals surface area contributed by atoms with Crippen molar-refractivity contribution in [2.75, 3.05) is 13.7 Å². The molecule has 0 aliphatic carbocycles. The van der Waals surface area contributed by atoms with E-state index in [0.717, 1.165) is 12.8 Å². The summed E-state index contributed by atoms with van der Waals surface area (Å²) in [6, 6.07) is -0.267. The predicted octanol–water partition coefficient (Wildman–Crippen LogP) is 1.33. The molecule has 0 radical (unpaired) electrons. The molecule has 0 bridgehead atoms. The lowest BCUT2D eigenvalue weighted by atomic mass is 9.76. The van der Waals surface area contributed by atoms with Crippen LogP contribution in [0.4, 0.5) is 0 Å². The number of nitrogens with zero attached hydrogens (tertiary/aromatic N) is 1. The smallest absolute Gasteiger partial charge is 0.311 e. The lowest BCUT2D eigenvalue weighted by Gasteiger charge is -2.42. The molecule has 0 aromatic heterocycles. The molecule has 3 rings (SSSR count). The molecule has 3 aliphatic heterocycles. The molecule has 6 nitrogen and oxygen atoms in total. The van der Waals surface area contributed by atoms with Gasteiger partial charge in [0.15, 0.2) is 5.79 Å². The highest BCUT2D eigenvalue weighted by Crippen LogP contribution is 2.45. The standard InChI is InChI=1S/C16H25NO5/c1-5-6-9-7-11(18)17-8-10-14(22-16(2,3)21-10)13(17)12(9)15(19)20-4/h9-10,12-14H,5-8H2,1-4H3/t9-,10-,12+,13-,14-/m1/s1. The molecule has 5 atom stereocenters. The van der Waals surface area contributed by atoms with Crippen molar-refractivity contribution in [3.8, 4) is 0 Å². The average Bonchev–Trinajstić information content (AvgIpc) is 2.92. The van der Waals surface area contributed by atoms with Gasteiger partial charge in [-0.15, -0.1) is 0 Å². The quantitative estimate of drug-likeness (QED) is 0.736. The molecule has 0 unspecified atom stereocenters. The van der Waals surface area contributed by atoms with Crippen LogP contribution in [0.2, 0.25) is 0 Å². The first-order chi connectivity index (χ1) is 10.4. The molecule has 0 N–H and O–H groups in total. The summed E-state index contributed by atoms with van der Waals surface area (Å²) in [6.45, 7) is 6.32. The van der Waals surface area contributed by atoms with Crippen molar-refractivity contribution in [1.29, 1.82) is 0 Å². The van der Waals surface area contributed by atoms with E-state index >= 15 is 0 Å². The first-order valence-electron chi connectivity index (χ1n) is 8.11. The lowest BCUT2D eigenvalue weighted by Crippen LogP contribution is -2.56. The normalized spacial score (nSPS) is 39.5. The van der Waals surface area contributed by atoms with Gasteiger partial charge >= 0.3 is 5.97 Å². The van der Waals surface area contributed by atoms with Gasteiger partial charge in [-0.3, -0.25) is 9.59 Å². The van der Waals surface area contributed by atoms with Gasteiger partial charge in [-0.2, -0.15) is 0 Å². The van der Waals surface area contributed by atoms with Gasteiger partial charge < -0.3 is 19.1 Å². The van der Waals surface area contributed by atoms with Gasteiger partial charge in [0.25, 0.3) is 0 Å². The zero-order valence-corrected chi connectivity index (χ0v) is 13.7. The molecule has 0 saturated carbocycles. The number of carbonyl (C=O) groups excluding carboxylic acids is 2. The number of fused-ring (bicyclic) bond motifs is 3. The zero-order chi connectivity index (χ0) is 16.1. The van der Waals surface area contributed by atoms with E-state index < -0.39 is 5.79 Å². The molecule has 22 heavy (non-hydrogen) atoms. The minimum Gasteiger partial charge on any atom is -0.469 e. The second-order valence-corrected chi connectivity index (χ2v) is 6.98. The maximum atomic E-state index is 12.5. The maximum absolute atomic E-state index is 12.5. The van der Waals surface area contributed by atoms with E-state index in [1.807, 2.05) is 13.8 Å². The SMILES string of the molecule is CCC[C@@H]1CC(=O)N2C[C@H]3OC(C)(C)O[C@H]3[C@H]2[C@H]1C(=O)OC. The molecule has 6 heteroatoms. The van der Waals surface area contributed by atoms with Gasteiger partial charge in [0.1, 0.15) is 12.2 Å². The highest BCUT2D eigenvalue weighted by atomic mass is 16.8. The zero-order valence-electron chi connectivity index (χ0n) is 13.7. The number of esters is 1. The number of hydrogen-bond donors (Lipinski definition) is 0. The number of amides is 1. The molecule has 1 amide bonds. The van der Waals surface area contributed by atoms with E-state index in [9.17, 15) is 9.59 Å². The van der Waals surface area contributed by atoms with Crippen LogP contribution in [-0.4, -0.2) is 54.5 Å². The number of ether oxygens (including phenoxy) is 3. The van der Waals surface area contributed by atoms with Gasteiger partial charge in [-0.1, -0.05) is 13.3 Å². The van der Waals surface area contributed by atoms with Crippen LogP contribution in [0.25, 0.3) is 0 Å². The van der Waals surface area contributed by atoms with Crippen LogP contribution in [0, 0.1) is 11.8 Å². The van der Waals surface area contributed by atoms with Gasteiger partial charge in [-0.25, -0.2) is 0 Å². The summed E-state index contributed by atoms with van der Waals surface area (Å²) in [5, 5.41) is 0. The van der Waals surface area contributed by atoms with Crippen LogP contribution in [0.5, 0.6) is 0 Å². The minimum atomic E-state index is -0.664. The third-order valence-electron chi connectivity index (χ3n) is 5.06. The summed E-state index contributed by atoms with van der Waals surface area (Å²) in [5.41, 5.74) is 0. The van der Waals surface area contributed by atoms with Crippen molar-refractivity contribution in [3.63, 3.8) is 0 Å². The van der Waals surface area contributed by atoms with Crippen molar-refractivity contribution < 1.29 is 23.8 Å². The molecule has 0 spiro atoms. The van der Waals surface area contributed by atoms with E-state index in [0.29, 0.717) is 13.0 Å². The molecule has 3 fully saturated rings. The Morgan fingerprint density at radius 1 is 1.41 bits per heavy atom. The van der Waals surface area contributed by atoms with E-state index in [1.165, 1.54) is 7.11 Å². The first kappa shape index (κ1) is 15.7. The van der Waals surface area contributed by atoms with Crippen molar-refractivity contribution in [2.24, 2.45) is 11.8 Å². The van der Waals surface area contributed by atoms with E-state index in [4.69, 9.17) is 14.2 Å². The van der Waals surface area contributed by atoms with Crippen LogP contribution in [0.3, 0.4) is 0 Å². The second-order valence-electron chi connectivity index (χ2n) is 6.98. The first-order valence-corrected chi connectivity index (χ1v) is 8.11. The van der Waals surface area contributed by atoms with Crippen LogP contribution >= 0.6 is 0 Å². The molecular weight excluding hydrogens is 286 g/mol. The van der Waals surface area contributed by atoms with Crippen molar-refractivity contribution in [1.82, 2.24) is 4.90 Å². The summed E-state index contributed by atoms with van der Waals surface area (Å²) in [4.78, 5) is 26.6. The lowest BCUT2D eigenvalue weighted by molar-refractivity contribution is -0.181. The van der Waals surface area contributed by atoms with Crippen LogP contribution < -0.4 is 0 Å². The van der Waals surface area contributed by atoms with Gasteiger partial charge in [-0.05, 0) is 26.2 Å². The Balaban J connectivity index is 1.92. The predicted molar refractivity (Wildman–Crippen MR) is 77.8 cm³/mol. The van der Waals surface area contributed by atoms with Crippen molar-refractivity contribution in [2.45, 2.75) is 64.1 Å². The largest absolute Gasteiger partial charge is 0.469 e. The Labute approximate surface area is 131 Å². The highest BCUT2D eigenvalue weighted by Gasteiger charge is 2.60.